The van der Waals surface area contributed by atoms with Crippen molar-refractivity contribution < 1.29 is 8.42 Å². The first-order chi connectivity index (χ1) is 9.83. The molecule has 1 atom stereocenters. The fourth-order valence-corrected chi connectivity index (χ4v) is 4.73. The summed E-state index contributed by atoms with van der Waals surface area (Å²) in [7, 11) is -1.65. The fraction of sp³-hybridized carbons (Fsp3) is 1.00. The quantitative estimate of drug-likeness (QED) is 0.814. The topological polar surface area (TPSA) is 61.4 Å². The van der Waals surface area contributed by atoms with E-state index in [-0.39, 0.29) is 17.5 Å². The van der Waals surface area contributed by atoms with Gasteiger partial charge in [0.15, 0.2) is 0 Å². The Kier molecular flexibility index (Phi) is 5.68. The monoisotopic (exact) mass is 317 g/mol. The largest absolute Gasteiger partial charge is 0.312 e. The van der Waals surface area contributed by atoms with Crippen molar-refractivity contribution in [2.75, 3.05) is 20.1 Å². The van der Waals surface area contributed by atoms with Crippen LogP contribution < -0.4 is 10.0 Å². The third kappa shape index (κ3) is 4.41. The van der Waals surface area contributed by atoms with Crippen molar-refractivity contribution in [2.45, 2.75) is 70.9 Å². The summed E-state index contributed by atoms with van der Waals surface area (Å²) in [6.07, 6.45) is 7.81. The van der Waals surface area contributed by atoms with Gasteiger partial charge in [-0.05, 0) is 37.6 Å². The summed E-state index contributed by atoms with van der Waals surface area (Å²) in [5.74, 6) is 0. The Hall–Kier alpha value is -0.170. The molecular formula is C15H31N3O2S. The molecule has 2 rings (SSSR count). The molecule has 1 saturated carbocycles. The molecule has 2 aliphatic rings. The first kappa shape index (κ1) is 17.2. The van der Waals surface area contributed by atoms with Crippen LogP contribution in [0.4, 0.5) is 0 Å². The number of nitrogens with zero attached hydrogens (tertiary/aromatic N) is 1. The van der Waals surface area contributed by atoms with Crippen LogP contribution in [0.2, 0.25) is 0 Å². The Morgan fingerprint density at radius 1 is 1.19 bits per heavy atom. The lowest BCUT2D eigenvalue weighted by Crippen LogP contribution is -2.55. The van der Waals surface area contributed by atoms with Gasteiger partial charge in [0.25, 0.3) is 10.2 Å². The molecule has 1 saturated heterocycles. The average molecular weight is 317 g/mol. The van der Waals surface area contributed by atoms with Crippen molar-refractivity contribution in [3.8, 4) is 0 Å². The highest BCUT2D eigenvalue weighted by molar-refractivity contribution is 7.87. The van der Waals surface area contributed by atoms with Crippen LogP contribution in [0.5, 0.6) is 0 Å². The lowest BCUT2D eigenvalue weighted by atomic mass is 9.78. The minimum Gasteiger partial charge on any atom is -0.312 e. The van der Waals surface area contributed by atoms with E-state index in [4.69, 9.17) is 0 Å². The SMILES string of the molecule is CN(C1CCCCC1)S(=O)(=O)NCC1NCCCC1(C)C. The van der Waals surface area contributed by atoms with Crippen molar-refractivity contribution in [2.24, 2.45) is 5.41 Å². The number of hydrogen-bond donors (Lipinski definition) is 2. The Balaban J connectivity index is 1.91. The third-order valence-corrected chi connectivity index (χ3v) is 6.86. The second kappa shape index (κ2) is 6.94. The molecule has 1 aliphatic carbocycles. The summed E-state index contributed by atoms with van der Waals surface area (Å²) >= 11 is 0. The summed E-state index contributed by atoms with van der Waals surface area (Å²) < 4.78 is 29.3. The minimum atomic E-state index is -3.37. The summed E-state index contributed by atoms with van der Waals surface area (Å²) in [5.41, 5.74) is 0.143. The second-order valence-corrected chi connectivity index (χ2v) is 9.08. The van der Waals surface area contributed by atoms with Crippen LogP contribution in [0, 0.1) is 5.41 Å². The van der Waals surface area contributed by atoms with Gasteiger partial charge in [-0.1, -0.05) is 33.1 Å². The Labute approximate surface area is 130 Å². The summed E-state index contributed by atoms with van der Waals surface area (Å²) in [4.78, 5) is 0. The van der Waals surface area contributed by atoms with Gasteiger partial charge < -0.3 is 5.32 Å². The molecule has 0 aromatic heterocycles. The molecule has 0 radical (unpaired) electrons. The molecule has 0 aromatic rings. The zero-order valence-corrected chi connectivity index (χ0v) is 14.5. The van der Waals surface area contributed by atoms with Crippen LogP contribution >= 0.6 is 0 Å². The highest BCUT2D eigenvalue weighted by Crippen LogP contribution is 2.30. The van der Waals surface area contributed by atoms with Crippen LogP contribution in [0.3, 0.4) is 0 Å². The smallest absolute Gasteiger partial charge is 0.279 e. The van der Waals surface area contributed by atoms with Gasteiger partial charge in [0.1, 0.15) is 0 Å². The van der Waals surface area contributed by atoms with Crippen molar-refractivity contribution in [1.29, 1.82) is 0 Å². The highest BCUT2D eigenvalue weighted by atomic mass is 32.2. The van der Waals surface area contributed by atoms with Gasteiger partial charge in [-0.15, -0.1) is 0 Å². The van der Waals surface area contributed by atoms with Gasteiger partial charge in [-0.2, -0.15) is 12.7 Å². The van der Waals surface area contributed by atoms with Crippen molar-refractivity contribution in [3.05, 3.63) is 0 Å². The molecule has 1 unspecified atom stereocenters. The minimum absolute atomic E-state index is 0.143. The van der Waals surface area contributed by atoms with Gasteiger partial charge in [0.2, 0.25) is 0 Å². The molecule has 124 valence electrons. The van der Waals surface area contributed by atoms with Crippen LogP contribution in [-0.4, -0.2) is 44.9 Å². The van der Waals surface area contributed by atoms with Crippen LogP contribution in [0.1, 0.15) is 58.8 Å². The predicted octanol–water partition coefficient (Wildman–Crippen LogP) is 1.86. The average Bonchev–Trinajstić information content (AvgIpc) is 2.46. The predicted molar refractivity (Wildman–Crippen MR) is 86.4 cm³/mol. The van der Waals surface area contributed by atoms with E-state index >= 15 is 0 Å². The zero-order valence-electron chi connectivity index (χ0n) is 13.7. The van der Waals surface area contributed by atoms with Gasteiger partial charge >= 0.3 is 0 Å². The van der Waals surface area contributed by atoms with E-state index < -0.39 is 10.2 Å². The van der Waals surface area contributed by atoms with E-state index in [1.165, 1.54) is 6.42 Å². The number of nitrogens with one attached hydrogen (secondary N) is 2. The Morgan fingerprint density at radius 2 is 1.86 bits per heavy atom. The highest BCUT2D eigenvalue weighted by Gasteiger charge is 2.34. The summed E-state index contributed by atoms with van der Waals surface area (Å²) in [6.45, 7) is 5.88. The maximum absolute atomic E-state index is 12.5. The molecule has 0 spiro atoms. The fourth-order valence-electron chi connectivity index (χ4n) is 3.55. The van der Waals surface area contributed by atoms with Crippen molar-refractivity contribution in [1.82, 2.24) is 14.3 Å². The van der Waals surface area contributed by atoms with Crippen LogP contribution in [-0.2, 0) is 10.2 Å². The zero-order chi connectivity index (χ0) is 15.5. The molecule has 0 aromatic carbocycles. The Morgan fingerprint density at radius 3 is 2.48 bits per heavy atom. The second-order valence-electron chi connectivity index (χ2n) is 7.26. The molecular weight excluding hydrogens is 286 g/mol. The van der Waals surface area contributed by atoms with Gasteiger partial charge in [-0.25, -0.2) is 4.72 Å². The molecule has 1 aliphatic heterocycles. The Bertz CT molecular complexity index is 430. The molecule has 1 heterocycles. The maximum atomic E-state index is 12.5. The van der Waals surface area contributed by atoms with E-state index in [0.717, 1.165) is 45.1 Å². The number of hydrogen-bond acceptors (Lipinski definition) is 3. The van der Waals surface area contributed by atoms with Crippen molar-refractivity contribution in [3.63, 3.8) is 0 Å². The lowest BCUT2D eigenvalue weighted by Gasteiger charge is -2.40. The van der Waals surface area contributed by atoms with Crippen LogP contribution in [0.25, 0.3) is 0 Å². The third-order valence-electron chi connectivity index (χ3n) is 5.27. The van der Waals surface area contributed by atoms with E-state index in [9.17, 15) is 8.42 Å². The molecule has 2 fully saturated rings. The van der Waals surface area contributed by atoms with E-state index in [1.54, 1.807) is 11.4 Å². The first-order valence-corrected chi connectivity index (χ1v) is 9.73. The van der Waals surface area contributed by atoms with Crippen LogP contribution in [0.15, 0.2) is 0 Å². The van der Waals surface area contributed by atoms with E-state index in [1.807, 2.05) is 0 Å². The first-order valence-electron chi connectivity index (χ1n) is 8.29. The number of rotatable bonds is 5. The molecule has 2 N–H and O–H groups in total. The standard InChI is InChI=1S/C15H31N3O2S/c1-15(2)10-7-11-16-14(15)12-17-21(19,20)18(3)13-8-5-4-6-9-13/h13-14,16-17H,4-12H2,1-3H3. The van der Waals surface area contributed by atoms with Gasteiger partial charge in [-0.3, -0.25) is 0 Å². The summed E-state index contributed by atoms with van der Waals surface area (Å²) in [5, 5.41) is 3.45. The van der Waals surface area contributed by atoms with Crippen molar-refractivity contribution >= 4 is 10.2 Å². The van der Waals surface area contributed by atoms with Gasteiger partial charge in [0, 0.05) is 25.7 Å². The maximum Gasteiger partial charge on any atom is 0.279 e. The normalized spacial score (nSPS) is 27.9. The molecule has 5 nitrogen and oxygen atoms in total. The molecule has 0 bridgehead atoms. The number of piperidine rings is 1. The van der Waals surface area contributed by atoms with E-state index in [0.29, 0.717) is 6.54 Å². The van der Waals surface area contributed by atoms with Gasteiger partial charge in [0.05, 0.1) is 0 Å². The lowest BCUT2D eigenvalue weighted by molar-refractivity contribution is 0.180. The summed E-state index contributed by atoms with van der Waals surface area (Å²) in [6, 6.07) is 0.379. The molecule has 0 amide bonds. The molecule has 21 heavy (non-hydrogen) atoms. The molecule has 6 heteroatoms. The van der Waals surface area contributed by atoms with E-state index in [2.05, 4.69) is 23.9 Å².